The van der Waals surface area contributed by atoms with Crippen LogP contribution in [0.1, 0.15) is 45.4 Å². The van der Waals surface area contributed by atoms with Gasteiger partial charge in [0.25, 0.3) is 0 Å². The first-order valence-electron chi connectivity index (χ1n) is 4.25. The highest BCUT2D eigenvalue weighted by Crippen LogP contribution is 2.37. The van der Waals surface area contributed by atoms with Gasteiger partial charge in [-0.1, -0.05) is 32.6 Å². The molecule has 1 aliphatic rings. The second kappa shape index (κ2) is 5.03. The lowest BCUT2D eigenvalue weighted by Crippen LogP contribution is -1.82. The van der Waals surface area contributed by atoms with Crippen LogP contribution in [0.25, 0.3) is 0 Å². The molecule has 0 aromatic heterocycles. The minimum Gasteiger partial charge on any atom is -0.296 e. The average molecular weight is 160 g/mol. The molecule has 10 heavy (non-hydrogen) atoms. The predicted octanol–water partition coefficient (Wildman–Crippen LogP) is 3.35. The third-order valence-corrected chi connectivity index (χ3v) is 2.48. The van der Waals surface area contributed by atoms with Gasteiger partial charge >= 0.3 is 0 Å². The lowest BCUT2D eigenvalue weighted by Gasteiger charge is -1.95. The quantitative estimate of drug-likeness (QED) is 0.335. The molecule has 0 amide bonds. The van der Waals surface area contributed by atoms with Gasteiger partial charge in [0, 0.05) is 12.0 Å². The Bertz CT molecular complexity index is 81.3. The van der Waals surface area contributed by atoms with Crippen molar-refractivity contribution < 1.29 is 4.18 Å². The van der Waals surface area contributed by atoms with E-state index in [-0.39, 0.29) is 0 Å². The van der Waals surface area contributed by atoms with Crippen LogP contribution in [0.2, 0.25) is 0 Å². The summed E-state index contributed by atoms with van der Waals surface area (Å²) in [6, 6.07) is 0. The second-order valence-electron chi connectivity index (χ2n) is 2.82. The van der Waals surface area contributed by atoms with E-state index in [1.54, 1.807) is 12.0 Å². The van der Waals surface area contributed by atoms with Crippen molar-refractivity contribution in [3.8, 4) is 0 Å². The molecule has 1 rings (SSSR count). The molecular formula is C8H16OS. The number of rotatable bonds is 6. The van der Waals surface area contributed by atoms with Gasteiger partial charge in [-0.25, -0.2) is 0 Å². The highest BCUT2D eigenvalue weighted by atomic mass is 32.2. The van der Waals surface area contributed by atoms with E-state index >= 15 is 0 Å². The van der Waals surface area contributed by atoms with Crippen LogP contribution in [0.5, 0.6) is 0 Å². The summed E-state index contributed by atoms with van der Waals surface area (Å²) < 4.78 is 5.03. The molecule has 60 valence electrons. The molecule has 2 heteroatoms. The monoisotopic (exact) mass is 160 g/mol. The van der Waals surface area contributed by atoms with E-state index in [0.717, 1.165) is 0 Å². The van der Waals surface area contributed by atoms with Crippen LogP contribution in [0, 0.1) is 0 Å². The Morgan fingerprint density at radius 3 is 2.50 bits per heavy atom. The lowest BCUT2D eigenvalue weighted by molar-refractivity contribution is 0.424. The summed E-state index contributed by atoms with van der Waals surface area (Å²) in [6.07, 6.45) is 8.18. The van der Waals surface area contributed by atoms with Crippen LogP contribution in [-0.2, 0) is 4.18 Å². The van der Waals surface area contributed by atoms with Gasteiger partial charge in [0.1, 0.15) is 5.44 Å². The fraction of sp³-hybridized carbons (Fsp3) is 1.00. The normalized spacial score (nSPS) is 23.1. The molecule has 0 radical (unpaired) electrons. The zero-order chi connectivity index (χ0) is 7.23. The Kier molecular flexibility index (Phi) is 4.23. The molecule has 0 aromatic carbocycles. The molecule has 1 heterocycles. The molecule has 1 saturated heterocycles. The minimum atomic E-state index is 0.571. The van der Waals surface area contributed by atoms with Gasteiger partial charge in [0.15, 0.2) is 0 Å². The minimum absolute atomic E-state index is 0.571. The lowest BCUT2D eigenvalue weighted by atomic mass is 10.1. The Hall–Kier alpha value is 0.310. The van der Waals surface area contributed by atoms with Crippen molar-refractivity contribution in [2.75, 3.05) is 0 Å². The fourth-order valence-corrected chi connectivity index (χ4v) is 1.49. The highest BCUT2D eigenvalue weighted by molar-refractivity contribution is 8.00. The number of hydrogen-bond donors (Lipinski definition) is 0. The van der Waals surface area contributed by atoms with E-state index in [1.165, 1.54) is 38.5 Å². The summed E-state index contributed by atoms with van der Waals surface area (Å²) in [5.74, 6) is 0. The Morgan fingerprint density at radius 2 is 1.90 bits per heavy atom. The van der Waals surface area contributed by atoms with E-state index in [0.29, 0.717) is 5.44 Å². The first-order chi connectivity index (χ1) is 4.93. The van der Waals surface area contributed by atoms with Crippen molar-refractivity contribution >= 4 is 12.0 Å². The van der Waals surface area contributed by atoms with Gasteiger partial charge in [0.05, 0.1) is 0 Å². The number of unbranched alkanes of at least 4 members (excludes halogenated alkanes) is 4. The molecule has 1 atom stereocenters. The first kappa shape index (κ1) is 8.41. The smallest absolute Gasteiger partial charge is 0.143 e. The van der Waals surface area contributed by atoms with Crippen molar-refractivity contribution in [3.05, 3.63) is 0 Å². The van der Waals surface area contributed by atoms with Crippen LogP contribution in [0.3, 0.4) is 0 Å². The van der Waals surface area contributed by atoms with Crippen LogP contribution in [-0.4, -0.2) is 5.44 Å². The van der Waals surface area contributed by atoms with Crippen LogP contribution < -0.4 is 0 Å². The van der Waals surface area contributed by atoms with Gasteiger partial charge in [-0.15, -0.1) is 0 Å². The summed E-state index contributed by atoms with van der Waals surface area (Å²) >= 11 is 1.63. The summed E-state index contributed by atoms with van der Waals surface area (Å²) in [5.41, 5.74) is 0.571. The van der Waals surface area contributed by atoms with Crippen molar-refractivity contribution in [2.24, 2.45) is 0 Å². The molecule has 0 aliphatic carbocycles. The molecular weight excluding hydrogens is 144 g/mol. The van der Waals surface area contributed by atoms with Crippen molar-refractivity contribution in [1.29, 1.82) is 0 Å². The van der Waals surface area contributed by atoms with Gasteiger partial charge in [0.2, 0.25) is 0 Å². The molecule has 1 nitrogen and oxygen atoms in total. The largest absolute Gasteiger partial charge is 0.296 e. The van der Waals surface area contributed by atoms with E-state index < -0.39 is 0 Å². The second-order valence-corrected chi connectivity index (χ2v) is 3.74. The Balaban J connectivity index is 1.68. The Morgan fingerprint density at radius 1 is 1.20 bits per heavy atom. The predicted molar refractivity (Wildman–Crippen MR) is 45.8 cm³/mol. The molecule has 0 unspecified atom stereocenters. The molecule has 0 bridgehead atoms. The molecule has 1 fully saturated rings. The topological polar surface area (TPSA) is 12.5 Å². The van der Waals surface area contributed by atoms with Gasteiger partial charge in [-0.3, -0.25) is 4.18 Å². The molecule has 1 aliphatic heterocycles. The van der Waals surface area contributed by atoms with E-state index in [2.05, 4.69) is 6.92 Å². The average Bonchev–Trinajstić information content (AvgIpc) is 2.71. The summed E-state index contributed by atoms with van der Waals surface area (Å²) in [6.45, 7) is 2.25. The Labute approximate surface area is 67.7 Å². The summed E-state index contributed by atoms with van der Waals surface area (Å²) in [5, 5.41) is 0. The van der Waals surface area contributed by atoms with E-state index in [4.69, 9.17) is 4.18 Å². The van der Waals surface area contributed by atoms with Crippen molar-refractivity contribution in [1.82, 2.24) is 0 Å². The fourth-order valence-electron chi connectivity index (χ4n) is 1.05. The third-order valence-electron chi connectivity index (χ3n) is 1.78. The third kappa shape index (κ3) is 4.18. The van der Waals surface area contributed by atoms with Gasteiger partial charge in [-0.05, 0) is 12.8 Å². The van der Waals surface area contributed by atoms with Crippen LogP contribution in [0.15, 0.2) is 0 Å². The molecule has 0 aromatic rings. The van der Waals surface area contributed by atoms with Crippen molar-refractivity contribution in [2.45, 2.75) is 50.9 Å². The zero-order valence-corrected chi connectivity index (χ0v) is 7.45. The standard InChI is InChI=1S/C8H16OS/c1-2-3-4-5-6-7-8-9-10-8/h8H,2-7H2,1H3/t8-/m1/s1. The maximum Gasteiger partial charge on any atom is 0.143 e. The van der Waals surface area contributed by atoms with E-state index in [1.807, 2.05) is 0 Å². The first-order valence-corrected chi connectivity index (χ1v) is 5.06. The van der Waals surface area contributed by atoms with E-state index in [9.17, 15) is 0 Å². The molecule has 0 saturated carbocycles. The molecule has 0 N–H and O–H groups in total. The molecule has 0 spiro atoms. The maximum atomic E-state index is 5.03. The highest BCUT2D eigenvalue weighted by Gasteiger charge is 2.23. The van der Waals surface area contributed by atoms with Crippen LogP contribution in [0.4, 0.5) is 0 Å². The van der Waals surface area contributed by atoms with Gasteiger partial charge in [-0.2, -0.15) is 0 Å². The van der Waals surface area contributed by atoms with Crippen molar-refractivity contribution in [3.63, 3.8) is 0 Å². The van der Waals surface area contributed by atoms with Crippen LogP contribution >= 0.6 is 12.0 Å². The SMILES string of the molecule is CCCCCCC[C@@H]1OS1. The van der Waals surface area contributed by atoms with Gasteiger partial charge < -0.3 is 0 Å². The number of hydrogen-bond acceptors (Lipinski definition) is 2. The summed E-state index contributed by atoms with van der Waals surface area (Å²) in [4.78, 5) is 0. The zero-order valence-electron chi connectivity index (χ0n) is 6.64. The maximum absolute atomic E-state index is 5.03. The summed E-state index contributed by atoms with van der Waals surface area (Å²) in [7, 11) is 0.